The summed E-state index contributed by atoms with van der Waals surface area (Å²) in [5.74, 6) is -0.217. The summed E-state index contributed by atoms with van der Waals surface area (Å²) >= 11 is 0. The number of aromatic nitrogens is 1. The largest absolute Gasteiger partial charge is 0.352 e. The summed E-state index contributed by atoms with van der Waals surface area (Å²) in [6.07, 6.45) is 7.15. The Labute approximate surface area is 195 Å². The Morgan fingerprint density at radius 3 is 2.30 bits per heavy atom. The Kier molecular flexibility index (Phi) is 7.39. The van der Waals surface area contributed by atoms with Crippen molar-refractivity contribution in [1.29, 1.82) is 0 Å². The van der Waals surface area contributed by atoms with Gasteiger partial charge in [0.05, 0.1) is 0 Å². The molecule has 2 amide bonds. The summed E-state index contributed by atoms with van der Waals surface area (Å²) in [4.78, 5) is 31.2. The summed E-state index contributed by atoms with van der Waals surface area (Å²) in [6.45, 7) is 2.63. The first-order chi connectivity index (χ1) is 15.9. The number of hydrogen-bond acceptors (Lipinski definition) is 5. The molecule has 0 bridgehead atoms. The molecule has 2 saturated heterocycles. The van der Waals surface area contributed by atoms with Crippen LogP contribution in [-0.4, -0.2) is 60.6 Å². The van der Waals surface area contributed by atoms with Crippen LogP contribution in [0.4, 0.5) is 0 Å². The number of piperidine rings is 2. The van der Waals surface area contributed by atoms with E-state index in [9.17, 15) is 18.0 Å². The van der Waals surface area contributed by atoms with Crippen LogP contribution in [0.25, 0.3) is 0 Å². The molecule has 4 rings (SSSR count). The molecule has 0 aliphatic carbocycles. The molecule has 8 nitrogen and oxygen atoms in total. The van der Waals surface area contributed by atoms with Gasteiger partial charge in [0.1, 0.15) is 4.90 Å². The van der Waals surface area contributed by atoms with E-state index in [1.807, 2.05) is 29.2 Å². The minimum atomic E-state index is -3.58. The lowest BCUT2D eigenvalue weighted by Crippen LogP contribution is -2.42. The van der Waals surface area contributed by atoms with Crippen molar-refractivity contribution in [2.24, 2.45) is 5.92 Å². The maximum absolute atomic E-state index is 12.7. The van der Waals surface area contributed by atoms with E-state index in [4.69, 9.17) is 0 Å². The molecule has 2 fully saturated rings. The van der Waals surface area contributed by atoms with E-state index >= 15 is 0 Å². The number of pyridine rings is 1. The standard InChI is InChI=1S/C24H30N4O4S/c29-23(20-10-15-28(16-11-20)33(31,32)22-5-4-12-25-18-22)26-17-19-6-8-21(9-7-19)24(30)27-13-2-1-3-14-27/h4-9,12,18,20H,1-3,10-11,13-17H2,(H,26,29). The van der Waals surface area contributed by atoms with Gasteiger partial charge in [0.15, 0.2) is 0 Å². The number of sulfonamides is 1. The van der Waals surface area contributed by atoms with Crippen LogP contribution in [0.1, 0.15) is 48.0 Å². The van der Waals surface area contributed by atoms with Crippen molar-refractivity contribution in [1.82, 2.24) is 19.5 Å². The van der Waals surface area contributed by atoms with E-state index in [0.717, 1.165) is 31.5 Å². The number of carbonyl (C=O) groups excluding carboxylic acids is 2. The molecule has 9 heteroatoms. The normalized spacial score (nSPS) is 18.1. The first-order valence-electron chi connectivity index (χ1n) is 11.5. The second kappa shape index (κ2) is 10.4. The first kappa shape index (κ1) is 23.4. The van der Waals surface area contributed by atoms with Gasteiger partial charge in [-0.3, -0.25) is 14.6 Å². The minimum absolute atomic E-state index is 0.0677. The van der Waals surface area contributed by atoms with Crippen molar-refractivity contribution in [3.63, 3.8) is 0 Å². The fourth-order valence-electron chi connectivity index (χ4n) is 4.39. The van der Waals surface area contributed by atoms with Crippen molar-refractivity contribution < 1.29 is 18.0 Å². The average molecular weight is 471 g/mol. The van der Waals surface area contributed by atoms with Crippen molar-refractivity contribution in [2.45, 2.75) is 43.5 Å². The zero-order chi connectivity index (χ0) is 23.3. The van der Waals surface area contributed by atoms with Crippen LogP contribution >= 0.6 is 0 Å². The predicted octanol–water partition coefficient (Wildman–Crippen LogP) is 2.42. The van der Waals surface area contributed by atoms with Gasteiger partial charge in [-0.15, -0.1) is 0 Å². The molecule has 2 aliphatic heterocycles. The molecule has 0 atom stereocenters. The molecule has 0 unspecified atom stereocenters. The third kappa shape index (κ3) is 5.59. The van der Waals surface area contributed by atoms with E-state index in [1.165, 1.54) is 29.2 Å². The molecule has 0 spiro atoms. The molecule has 1 aromatic carbocycles. The molecular weight excluding hydrogens is 440 g/mol. The van der Waals surface area contributed by atoms with Crippen LogP contribution in [0.5, 0.6) is 0 Å². The fourth-order valence-corrected chi connectivity index (χ4v) is 5.82. The number of hydrogen-bond donors (Lipinski definition) is 1. The number of amides is 2. The molecule has 1 aromatic heterocycles. The van der Waals surface area contributed by atoms with Crippen LogP contribution in [-0.2, 0) is 21.4 Å². The van der Waals surface area contributed by atoms with Gasteiger partial charge < -0.3 is 10.2 Å². The number of likely N-dealkylation sites (tertiary alicyclic amines) is 1. The summed E-state index contributed by atoms with van der Waals surface area (Å²) in [5.41, 5.74) is 1.60. The van der Waals surface area contributed by atoms with Gasteiger partial charge in [0, 0.05) is 56.6 Å². The Balaban J connectivity index is 1.25. The van der Waals surface area contributed by atoms with E-state index in [-0.39, 0.29) is 22.6 Å². The molecule has 0 radical (unpaired) electrons. The Morgan fingerprint density at radius 1 is 0.970 bits per heavy atom. The SMILES string of the molecule is O=C(NCc1ccc(C(=O)N2CCCCC2)cc1)C1CCN(S(=O)(=O)c2cccnc2)CC1. The Bertz CT molecular complexity index is 1060. The smallest absolute Gasteiger partial charge is 0.253 e. The molecule has 0 saturated carbocycles. The third-order valence-corrected chi connectivity index (χ3v) is 8.29. The van der Waals surface area contributed by atoms with Gasteiger partial charge in [0.25, 0.3) is 5.91 Å². The lowest BCUT2D eigenvalue weighted by atomic mass is 9.97. The summed E-state index contributed by atoms with van der Waals surface area (Å²) < 4.78 is 26.8. The minimum Gasteiger partial charge on any atom is -0.352 e. The third-order valence-electron chi connectivity index (χ3n) is 6.41. The van der Waals surface area contributed by atoms with Crippen LogP contribution in [0.3, 0.4) is 0 Å². The van der Waals surface area contributed by atoms with Gasteiger partial charge in [-0.05, 0) is 61.9 Å². The van der Waals surface area contributed by atoms with E-state index in [0.29, 0.717) is 38.0 Å². The Morgan fingerprint density at radius 2 is 1.67 bits per heavy atom. The van der Waals surface area contributed by atoms with Crippen LogP contribution in [0, 0.1) is 5.92 Å². The summed E-state index contributed by atoms with van der Waals surface area (Å²) in [6, 6.07) is 10.5. The molecular formula is C24H30N4O4S. The highest BCUT2D eigenvalue weighted by Gasteiger charge is 2.32. The zero-order valence-electron chi connectivity index (χ0n) is 18.7. The van der Waals surface area contributed by atoms with Crippen LogP contribution in [0.15, 0.2) is 53.7 Å². The second-order valence-corrected chi connectivity index (χ2v) is 10.6. The Hall–Kier alpha value is -2.78. The highest BCUT2D eigenvalue weighted by atomic mass is 32.2. The van der Waals surface area contributed by atoms with Gasteiger partial charge >= 0.3 is 0 Å². The van der Waals surface area contributed by atoms with Crippen LogP contribution < -0.4 is 5.32 Å². The summed E-state index contributed by atoms with van der Waals surface area (Å²) in [5, 5.41) is 2.95. The maximum Gasteiger partial charge on any atom is 0.253 e. The molecule has 33 heavy (non-hydrogen) atoms. The number of rotatable bonds is 6. The molecule has 2 aromatic rings. The lowest BCUT2D eigenvalue weighted by Gasteiger charge is -2.30. The van der Waals surface area contributed by atoms with Crippen molar-refractivity contribution in [3.05, 3.63) is 59.9 Å². The van der Waals surface area contributed by atoms with Gasteiger partial charge in [-0.1, -0.05) is 12.1 Å². The predicted molar refractivity (Wildman–Crippen MR) is 124 cm³/mol. The van der Waals surface area contributed by atoms with E-state index in [1.54, 1.807) is 6.07 Å². The zero-order valence-corrected chi connectivity index (χ0v) is 19.5. The van der Waals surface area contributed by atoms with Gasteiger partial charge in [-0.25, -0.2) is 8.42 Å². The highest BCUT2D eigenvalue weighted by Crippen LogP contribution is 2.23. The average Bonchev–Trinajstić information content (AvgIpc) is 2.88. The van der Waals surface area contributed by atoms with Crippen molar-refractivity contribution in [2.75, 3.05) is 26.2 Å². The number of carbonyl (C=O) groups is 2. The van der Waals surface area contributed by atoms with Crippen molar-refractivity contribution in [3.8, 4) is 0 Å². The quantitative estimate of drug-likeness (QED) is 0.699. The number of nitrogens with zero attached hydrogens (tertiary/aromatic N) is 3. The lowest BCUT2D eigenvalue weighted by molar-refractivity contribution is -0.126. The highest BCUT2D eigenvalue weighted by molar-refractivity contribution is 7.89. The molecule has 3 heterocycles. The van der Waals surface area contributed by atoms with E-state index < -0.39 is 10.0 Å². The monoisotopic (exact) mass is 470 g/mol. The molecule has 1 N–H and O–H groups in total. The molecule has 176 valence electrons. The second-order valence-electron chi connectivity index (χ2n) is 8.63. The van der Waals surface area contributed by atoms with Crippen molar-refractivity contribution >= 4 is 21.8 Å². The molecule has 2 aliphatic rings. The van der Waals surface area contributed by atoms with Gasteiger partial charge in [-0.2, -0.15) is 4.31 Å². The number of benzene rings is 1. The fraction of sp³-hybridized carbons (Fsp3) is 0.458. The number of nitrogens with one attached hydrogen (secondary N) is 1. The maximum atomic E-state index is 12.7. The summed E-state index contributed by atoms with van der Waals surface area (Å²) in [7, 11) is -3.58. The van der Waals surface area contributed by atoms with Gasteiger partial charge in [0.2, 0.25) is 15.9 Å². The van der Waals surface area contributed by atoms with Crippen LogP contribution in [0.2, 0.25) is 0 Å². The first-order valence-corrected chi connectivity index (χ1v) is 13.0. The topological polar surface area (TPSA) is 99.7 Å². The van der Waals surface area contributed by atoms with E-state index in [2.05, 4.69) is 10.3 Å².